The van der Waals surface area contributed by atoms with E-state index in [1.807, 2.05) is 16.7 Å². The highest BCUT2D eigenvalue weighted by Gasteiger charge is 2.16. The van der Waals surface area contributed by atoms with Crippen LogP contribution >= 0.6 is 11.8 Å². The minimum atomic E-state index is 0.0475. The van der Waals surface area contributed by atoms with Crippen LogP contribution in [0.2, 0.25) is 0 Å². The van der Waals surface area contributed by atoms with E-state index in [1.54, 1.807) is 0 Å². The lowest BCUT2D eigenvalue weighted by molar-refractivity contribution is 0.0531. The molecule has 88 valence electrons. The van der Waals surface area contributed by atoms with Crippen molar-refractivity contribution in [3.8, 4) is 0 Å². The van der Waals surface area contributed by atoms with Crippen LogP contribution in [0.25, 0.3) is 0 Å². The maximum atomic E-state index is 11.7. The fraction of sp³-hybridized carbons (Fsp3) is 0.900. The Hall–Kier alpha value is -0.420. The molecule has 1 unspecified atom stereocenters. The van der Waals surface area contributed by atoms with E-state index in [1.165, 1.54) is 0 Å². The summed E-state index contributed by atoms with van der Waals surface area (Å²) in [5.74, 6) is 1.62. The summed E-state index contributed by atoms with van der Waals surface area (Å²) < 4.78 is 5.19. The van der Waals surface area contributed by atoms with E-state index in [4.69, 9.17) is 4.74 Å². The highest BCUT2D eigenvalue weighted by Crippen LogP contribution is 2.03. The van der Waals surface area contributed by atoms with E-state index in [0.29, 0.717) is 32.2 Å². The Labute approximate surface area is 95.7 Å². The zero-order chi connectivity index (χ0) is 11.1. The number of thioether (sulfide) groups is 1. The molecule has 1 saturated heterocycles. The van der Waals surface area contributed by atoms with Gasteiger partial charge in [-0.25, -0.2) is 4.79 Å². The Kier molecular flexibility index (Phi) is 5.86. The lowest BCUT2D eigenvalue weighted by Gasteiger charge is -2.27. The molecular formula is C10H20N2O2S. The summed E-state index contributed by atoms with van der Waals surface area (Å²) in [6, 6.07) is 0.0475. The first kappa shape index (κ1) is 12.6. The quantitative estimate of drug-likeness (QED) is 0.787. The largest absolute Gasteiger partial charge is 0.378 e. The number of carbonyl (C=O) groups excluding carboxylic acids is 1. The van der Waals surface area contributed by atoms with Crippen molar-refractivity contribution in [2.75, 3.05) is 44.9 Å². The molecule has 2 amide bonds. The van der Waals surface area contributed by atoms with Gasteiger partial charge >= 0.3 is 6.03 Å². The molecule has 4 nitrogen and oxygen atoms in total. The molecule has 1 N–H and O–H groups in total. The lowest BCUT2D eigenvalue weighted by Crippen LogP contribution is -2.47. The monoisotopic (exact) mass is 232 g/mol. The van der Waals surface area contributed by atoms with Crippen LogP contribution in [0, 0.1) is 5.92 Å². The van der Waals surface area contributed by atoms with Crippen molar-refractivity contribution < 1.29 is 9.53 Å². The molecule has 1 rings (SSSR count). The van der Waals surface area contributed by atoms with Crippen LogP contribution in [-0.2, 0) is 4.74 Å². The van der Waals surface area contributed by atoms with Gasteiger partial charge in [0.25, 0.3) is 0 Å². The van der Waals surface area contributed by atoms with Crippen molar-refractivity contribution in [2.45, 2.75) is 6.92 Å². The highest BCUT2D eigenvalue weighted by molar-refractivity contribution is 7.98. The summed E-state index contributed by atoms with van der Waals surface area (Å²) in [7, 11) is 0. The van der Waals surface area contributed by atoms with Crippen LogP contribution in [0.3, 0.4) is 0 Å². The van der Waals surface area contributed by atoms with Gasteiger partial charge in [-0.05, 0) is 17.9 Å². The molecule has 0 bridgehead atoms. The van der Waals surface area contributed by atoms with Gasteiger partial charge in [0.05, 0.1) is 13.2 Å². The summed E-state index contributed by atoms with van der Waals surface area (Å²) in [6.07, 6.45) is 2.08. The molecule has 1 fully saturated rings. The maximum absolute atomic E-state index is 11.7. The van der Waals surface area contributed by atoms with Crippen molar-refractivity contribution in [3.05, 3.63) is 0 Å². The number of nitrogens with one attached hydrogen (secondary N) is 1. The van der Waals surface area contributed by atoms with Gasteiger partial charge in [-0.15, -0.1) is 0 Å². The Bertz CT molecular complexity index is 196. The van der Waals surface area contributed by atoms with E-state index in [2.05, 4.69) is 18.5 Å². The van der Waals surface area contributed by atoms with Gasteiger partial charge in [-0.2, -0.15) is 11.8 Å². The SMILES string of the molecule is CSCC(C)CNC(=O)N1CCOCC1. The normalized spacial score (nSPS) is 18.7. The third-order valence-corrected chi connectivity index (χ3v) is 3.25. The summed E-state index contributed by atoms with van der Waals surface area (Å²) in [4.78, 5) is 13.5. The number of amides is 2. The Balaban J connectivity index is 2.16. The van der Waals surface area contributed by atoms with Gasteiger partial charge < -0.3 is 15.0 Å². The molecule has 15 heavy (non-hydrogen) atoms. The molecule has 0 aromatic rings. The number of nitrogens with zero attached hydrogens (tertiary/aromatic N) is 1. The second kappa shape index (κ2) is 6.95. The molecule has 1 aliphatic rings. The van der Waals surface area contributed by atoms with Crippen molar-refractivity contribution in [3.63, 3.8) is 0 Å². The fourth-order valence-electron chi connectivity index (χ4n) is 1.48. The average Bonchev–Trinajstić information content (AvgIpc) is 2.27. The smallest absolute Gasteiger partial charge is 0.317 e. The number of ether oxygens (including phenoxy) is 1. The molecule has 5 heteroatoms. The first-order chi connectivity index (χ1) is 7.24. The first-order valence-corrected chi connectivity index (χ1v) is 6.73. The number of rotatable bonds is 4. The predicted octanol–water partition coefficient (Wildman–Crippen LogP) is 1.03. The van der Waals surface area contributed by atoms with Gasteiger partial charge in [0.2, 0.25) is 0 Å². The minimum Gasteiger partial charge on any atom is -0.378 e. The molecule has 0 spiro atoms. The molecule has 0 aromatic carbocycles. The summed E-state index contributed by atoms with van der Waals surface area (Å²) in [6.45, 7) is 5.65. The average molecular weight is 232 g/mol. The number of carbonyl (C=O) groups is 1. The summed E-state index contributed by atoms with van der Waals surface area (Å²) in [5, 5.41) is 2.96. The standard InChI is InChI=1S/C10H20N2O2S/c1-9(8-15-2)7-11-10(13)12-3-5-14-6-4-12/h9H,3-8H2,1-2H3,(H,11,13). The Morgan fingerprint density at radius 2 is 2.20 bits per heavy atom. The second-order valence-electron chi connectivity index (χ2n) is 3.85. The van der Waals surface area contributed by atoms with Crippen LogP contribution in [0.5, 0.6) is 0 Å². The predicted molar refractivity (Wildman–Crippen MR) is 63.3 cm³/mol. The van der Waals surface area contributed by atoms with Gasteiger partial charge in [-0.1, -0.05) is 6.92 Å². The molecule has 1 atom stereocenters. The van der Waals surface area contributed by atoms with Crippen molar-refractivity contribution in [1.29, 1.82) is 0 Å². The molecule has 0 saturated carbocycles. The van der Waals surface area contributed by atoms with E-state index < -0.39 is 0 Å². The van der Waals surface area contributed by atoms with E-state index >= 15 is 0 Å². The maximum Gasteiger partial charge on any atom is 0.317 e. The third-order valence-electron chi connectivity index (χ3n) is 2.35. The number of urea groups is 1. The van der Waals surface area contributed by atoms with Crippen LogP contribution < -0.4 is 5.32 Å². The van der Waals surface area contributed by atoms with Crippen LogP contribution in [-0.4, -0.2) is 55.8 Å². The van der Waals surface area contributed by atoms with Crippen LogP contribution in [0.15, 0.2) is 0 Å². The van der Waals surface area contributed by atoms with Gasteiger partial charge in [0, 0.05) is 19.6 Å². The third kappa shape index (κ3) is 4.75. The van der Waals surface area contributed by atoms with E-state index in [9.17, 15) is 4.79 Å². The molecular weight excluding hydrogens is 212 g/mol. The Morgan fingerprint density at radius 1 is 1.53 bits per heavy atom. The van der Waals surface area contributed by atoms with E-state index in [-0.39, 0.29) is 6.03 Å². The van der Waals surface area contributed by atoms with Crippen molar-refractivity contribution in [1.82, 2.24) is 10.2 Å². The highest BCUT2D eigenvalue weighted by atomic mass is 32.2. The minimum absolute atomic E-state index is 0.0475. The first-order valence-electron chi connectivity index (χ1n) is 5.33. The van der Waals surface area contributed by atoms with Crippen LogP contribution in [0.4, 0.5) is 4.79 Å². The number of morpholine rings is 1. The fourth-order valence-corrected chi connectivity index (χ4v) is 2.17. The molecule has 0 aliphatic carbocycles. The second-order valence-corrected chi connectivity index (χ2v) is 4.76. The Morgan fingerprint density at radius 3 is 2.80 bits per heavy atom. The summed E-state index contributed by atoms with van der Waals surface area (Å²) >= 11 is 1.81. The van der Waals surface area contributed by atoms with Crippen molar-refractivity contribution in [2.24, 2.45) is 5.92 Å². The molecule has 0 aromatic heterocycles. The van der Waals surface area contributed by atoms with Gasteiger partial charge in [0.15, 0.2) is 0 Å². The number of hydrogen-bond donors (Lipinski definition) is 1. The zero-order valence-corrected chi connectivity index (χ0v) is 10.3. The number of hydrogen-bond acceptors (Lipinski definition) is 3. The van der Waals surface area contributed by atoms with Crippen LogP contribution in [0.1, 0.15) is 6.92 Å². The lowest BCUT2D eigenvalue weighted by atomic mass is 10.2. The van der Waals surface area contributed by atoms with E-state index in [0.717, 1.165) is 12.3 Å². The molecule has 1 heterocycles. The summed E-state index contributed by atoms with van der Waals surface area (Å²) in [5.41, 5.74) is 0. The topological polar surface area (TPSA) is 41.6 Å². The zero-order valence-electron chi connectivity index (χ0n) is 9.49. The van der Waals surface area contributed by atoms with Crippen molar-refractivity contribution >= 4 is 17.8 Å². The molecule has 1 aliphatic heterocycles. The molecule has 0 radical (unpaired) electrons. The van der Waals surface area contributed by atoms with Gasteiger partial charge in [0.1, 0.15) is 0 Å². The van der Waals surface area contributed by atoms with Gasteiger partial charge in [-0.3, -0.25) is 0 Å².